The summed E-state index contributed by atoms with van der Waals surface area (Å²) in [6.07, 6.45) is 0. The molecule has 0 aromatic heterocycles. The van der Waals surface area contributed by atoms with Crippen molar-refractivity contribution in [2.24, 2.45) is 11.7 Å². The summed E-state index contributed by atoms with van der Waals surface area (Å²) < 4.78 is 13.4. The van der Waals surface area contributed by atoms with E-state index in [0.717, 1.165) is 0 Å². The Morgan fingerprint density at radius 2 is 2.11 bits per heavy atom. The molecule has 0 bridgehead atoms. The number of benzene rings is 1. The second-order valence-corrected chi connectivity index (χ2v) is 4.56. The first-order valence-electron chi connectivity index (χ1n) is 5.43. The lowest BCUT2D eigenvalue weighted by Gasteiger charge is -2.12. The lowest BCUT2D eigenvalue weighted by atomic mass is 10.1. The van der Waals surface area contributed by atoms with Crippen LogP contribution in [-0.4, -0.2) is 11.7 Å². The van der Waals surface area contributed by atoms with Gasteiger partial charge in [0.25, 0.3) is 0 Å². The van der Waals surface area contributed by atoms with E-state index in [2.05, 4.69) is 5.32 Å². The Morgan fingerprint density at radius 3 is 2.58 bits per heavy atom. The highest BCUT2D eigenvalue weighted by Gasteiger charge is 2.15. The molecule has 4 nitrogen and oxygen atoms in total. The summed E-state index contributed by atoms with van der Waals surface area (Å²) in [5.41, 5.74) is 5.65. The van der Waals surface area contributed by atoms with Gasteiger partial charge < -0.3 is 11.1 Å². The van der Waals surface area contributed by atoms with Gasteiger partial charge in [0.2, 0.25) is 5.91 Å². The molecule has 4 N–H and O–H groups in total. The molecular formula is C12H16Cl2FN3O. The predicted molar refractivity (Wildman–Crippen MR) is 76.4 cm³/mol. The summed E-state index contributed by atoms with van der Waals surface area (Å²) in [6.45, 7) is 3.71. The minimum atomic E-state index is -0.647. The number of nitrogen functional groups attached to an aromatic ring is 1. The van der Waals surface area contributed by atoms with Crippen molar-refractivity contribution in [2.45, 2.75) is 20.4 Å². The average Bonchev–Trinajstić information content (AvgIpc) is 2.27. The van der Waals surface area contributed by atoms with Crippen molar-refractivity contribution in [3.63, 3.8) is 0 Å². The van der Waals surface area contributed by atoms with Gasteiger partial charge in [-0.2, -0.15) is 0 Å². The van der Waals surface area contributed by atoms with Crippen LogP contribution in [0.3, 0.4) is 0 Å². The monoisotopic (exact) mass is 307 g/mol. The number of carbonyl (C=O) groups is 1. The lowest BCUT2D eigenvalue weighted by Crippen LogP contribution is -2.27. The van der Waals surface area contributed by atoms with Crippen molar-refractivity contribution in [1.29, 1.82) is 5.41 Å². The maximum Gasteiger partial charge on any atom is 0.222 e. The normalized spacial score (nSPS) is 9.95. The predicted octanol–water partition coefficient (Wildman–Crippen LogP) is 2.46. The van der Waals surface area contributed by atoms with Crippen molar-refractivity contribution in [2.75, 3.05) is 0 Å². The lowest BCUT2D eigenvalue weighted by molar-refractivity contribution is -0.124. The summed E-state index contributed by atoms with van der Waals surface area (Å²) in [4.78, 5) is 11.4. The van der Waals surface area contributed by atoms with Gasteiger partial charge in [0, 0.05) is 12.5 Å². The number of hydrogen-bond donors (Lipinski definition) is 3. The van der Waals surface area contributed by atoms with Crippen molar-refractivity contribution in [3.8, 4) is 0 Å². The summed E-state index contributed by atoms with van der Waals surface area (Å²) in [5, 5.41) is 9.99. The van der Waals surface area contributed by atoms with Crippen LogP contribution in [-0.2, 0) is 11.3 Å². The number of nitrogens with one attached hydrogen (secondary N) is 2. The minimum absolute atomic E-state index is 0. The Labute approximate surface area is 122 Å². The molecule has 0 aliphatic carbocycles. The molecule has 106 valence electrons. The third kappa shape index (κ3) is 4.36. The van der Waals surface area contributed by atoms with Crippen LogP contribution in [0.25, 0.3) is 0 Å². The quantitative estimate of drug-likeness (QED) is 0.590. The second kappa shape index (κ2) is 7.31. The first-order chi connectivity index (χ1) is 8.34. The Hall–Kier alpha value is -1.33. The molecule has 0 spiro atoms. The molecule has 0 saturated carbocycles. The SMILES string of the molecule is CC(C)C(=O)NCc1ccc(F)c(C(=N)N)c1Cl.Cl. The van der Waals surface area contributed by atoms with Crippen LogP contribution < -0.4 is 11.1 Å². The Kier molecular flexibility index (Phi) is 6.79. The Balaban J connectivity index is 0.00000324. The van der Waals surface area contributed by atoms with Gasteiger partial charge in [-0.3, -0.25) is 10.2 Å². The molecule has 1 aromatic rings. The molecule has 7 heteroatoms. The smallest absolute Gasteiger partial charge is 0.222 e. The van der Waals surface area contributed by atoms with E-state index in [-0.39, 0.29) is 41.4 Å². The zero-order valence-corrected chi connectivity index (χ0v) is 12.2. The van der Waals surface area contributed by atoms with Crippen LogP contribution >= 0.6 is 24.0 Å². The molecule has 0 aliphatic rings. The standard InChI is InChI=1S/C12H15ClFN3O.ClH/c1-6(2)12(18)17-5-7-3-4-8(14)9(10(7)13)11(15)16;/h3-4,6H,5H2,1-2H3,(H3,15,16)(H,17,18);1H. The van der Waals surface area contributed by atoms with Crippen LogP contribution in [0, 0.1) is 17.1 Å². The molecule has 19 heavy (non-hydrogen) atoms. The van der Waals surface area contributed by atoms with E-state index < -0.39 is 11.7 Å². The van der Waals surface area contributed by atoms with Gasteiger partial charge in [0.1, 0.15) is 11.7 Å². The van der Waals surface area contributed by atoms with Crippen molar-refractivity contribution in [1.82, 2.24) is 5.32 Å². The summed E-state index contributed by atoms with van der Waals surface area (Å²) in [7, 11) is 0. The van der Waals surface area contributed by atoms with E-state index in [1.54, 1.807) is 13.8 Å². The molecule has 1 amide bonds. The molecule has 0 radical (unpaired) electrons. The maximum atomic E-state index is 13.4. The van der Waals surface area contributed by atoms with E-state index in [0.29, 0.717) is 5.56 Å². The molecule has 0 atom stereocenters. The van der Waals surface area contributed by atoms with Gasteiger partial charge in [-0.1, -0.05) is 31.5 Å². The zero-order valence-electron chi connectivity index (χ0n) is 10.6. The number of hydrogen-bond acceptors (Lipinski definition) is 2. The number of nitrogens with two attached hydrogens (primary N) is 1. The Morgan fingerprint density at radius 1 is 1.53 bits per heavy atom. The second-order valence-electron chi connectivity index (χ2n) is 4.18. The fraction of sp³-hybridized carbons (Fsp3) is 0.333. The topological polar surface area (TPSA) is 79.0 Å². The first-order valence-corrected chi connectivity index (χ1v) is 5.81. The van der Waals surface area contributed by atoms with Gasteiger partial charge in [-0.15, -0.1) is 12.4 Å². The summed E-state index contributed by atoms with van der Waals surface area (Å²) in [5.74, 6) is -1.35. The van der Waals surface area contributed by atoms with Crippen LogP contribution in [0.5, 0.6) is 0 Å². The Bertz CT molecular complexity index is 492. The minimum Gasteiger partial charge on any atom is -0.384 e. The number of amidine groups is 1. The van der Waals surface area contributed by atoms with Crippen LogP contribution in [0.1, 0.15) is 25.0 Å². The van der Waals surface area contributed by atoms with Crippen molar-refractivity contribution < 1.29 is 9.18 Å². The van der Waals surface area contributed by atoms with Crippen molar-refractivity contribution >= 4 is 35.8 Å². The highest BCUT2D eigenvalue weighted by Crippen LogP contribution is 2.23. The maximum absolute atomic E-state index is 13.4. The summed E-state index contributed by atoms with van der Waals surface area (Å²) >= 11 is 5.96. The third-order valence-corrected chi connectivity index (χ3v) is 2.85. The fourth-order valence-electron chi connectivity index (χ4n) is 1.37. The molecule has 0 aliphatic heterocycles. The van der Waals surface area contributed by atoms with E-state index in [1.807, 2.05) is 0 Å². The summed E-state index contributed by atoms with van der Waals surface area (Å²) in [6, 6.07) is 2.64. The van der Waals surface area contributed by atoms with Gasteiger partial charge in [-0.05, 0) is 11.6 Å². The highest BCUT2D eigenvalue weighted by molar-refractivity contribution is 6.34. The molecular weight excluding hydrogens is 292 g/mol. The molecule has 1 rings (SSSR count). The van der Waals surface area contributed by atoms with Crippen LogP contribution in [0.2, 0.25) is 5.02 Å². The zero-order chi connectivity index (χ0) is 13.9. The average molecular weight is 308 g/mol. The van der Waals surface area contributed by atoms with E-state index in [4.69, 9.17) is 22.7 Å². The number of carbonyl (C=O) groups excluding carboxylic acids is 1. The van der Waals surface area contributed by atoms with Gasteiger partial charge in [-0.25, -0.2) is 4.39 Å². The van der Waals surface area contributed by atoms with Crippen LogP contribution in [0.4, 0.5) is 4.39 Å². The van der Waals surface area contributed by atoms with Gasteiger partial charge in [0.05, 0.1) is 10.6 Å². The van der Waals surface area contributed by atoms with E-state index in [9.17, 15) is 9.18 Å². The number of rotatable bonds is 4. The van der Waals surface area contributed by atoms with Gasteiger partial charge >= 0.3 is 0 Å². The van der Waals surface area contributed by atoms with Crippen molar-refractivity contribution in [3.05, 3.63) is 34.1 Å². The van der Waals surface area contributed by atoms with E-state index >= 15 is 0 Å². The van der Waals surface area contributed by atoms with Crippen LogP contribution in [0.15, 0.2) is 12.1 Å². The first kappa shape index (κ1) is 17.7. The highest BCUT2D eigenvalue weighted by atomic mass is 35.5. The van der Waals surface area contributed by atoms with E-state index in [1.165, 1.54) is 12.1 Å². The van der Waals surface area contributed by atoms with Gasteiger partial charge in [0.15, 0.2) is 0 Å². The fourth-order valence-corrected chi connectivity index (χ4v) is 1.69. The molecule has 0 saturated heterocycles. The number of halogens is 3. The molecule has 0 heterocycles. The number of amides is 1. The molecule has 0 unspecified atom stereocenters. The molecule has 0 fully saturated rings. The third-order valence-electron chi connectivity index (χ3n) is 2.42. The molecule has 1 aromatic carbocycles. The largest absolute Gasteiger partial charge is 0.384 e.